The molecule has 0 aliphatic rings. The highest BCUT2D eigenvalue weighted by atomic mass is 16.5. The molecule has 2 N–H and O–H groups in total. The molecule has 0 radical (unpaired) electrons. The molecular weight excluding hydrogens is 214 g/mol. The molecule has 1 aromatic rings. The first-order valence-electron chi connectivity index (χ1n) is 6.23. The summed E-state index contributed by atoms with van der Waals surface area (Å²) < 4.78 is 5.36. The number of hydrogen-bond donors (Lipinski definition) is 1. The van der Waals surface area contributed by atoms with Gasteiger partial charge in [0, 0.05) is 31.9 Å². The van der Waals surface area contributed by atoms with Crippen LogP contribution < -0.4 is 10.6 Å². The molecule has 0 aliphatic heterocycles. The van der Waals surface area contributed by atoms with E-state index in [1.54, 1.807) is 0 Å². The van der Waals surface area contributed by atoms with E-state index in [-0.39, 0.29) is 6.04 Å². The second kappa shape index (κ2) is 7.25. The summed E-state index contributed by atoms with van der Waals surface area (Å²) in [4.78, 5) is 6.64. The van der Waals surface area contributed by atoms with Crippen LogP contribution in [0.2, 0.25) is 0 Å². The molecule has 1 heterocycles. The Balaban J connectivity index is 2.62. The number of hydrogen-bond acceptors (Lipinski definition) is 4. The van der Waals surface area contributed by atoms with E-state index >= 15 is 0 Å². The summed E-state index contributed by atoms with van der Waals surface area (Å²) >= 11 is 0. The first-order valence-corrected chi connectivity index (χ1v) is 6.23. The maximum absolute atomic E-state index is 5.80. The zero-order valence-electron chi connectivity index (χ0n) is 11.0. The molecule has 0 spiro atoms. The molecule has 0 fully saturated rings. The summed E-state index contributed by atoms with van der Waals surface area (Å²) in [7, 11) is 0. The Morgan fingerprint density at radius 3 is 2.65 bits per heavy atom. The number of anilines is 1. The Bertz CT molecular complexity index is 311. The van der Waals surface area contributed by atoms with E-state index in [0.29, 0.717) is 0 Å². The summed E-state index contributed by atoms with van der Waals surface area (Å²) in [5.74, 6) is 0.983. The zero-order chi connectivity index (χ0) is 12.7. The summed E-state index contributed by atoms with van der Waals surface area (Å²) in [6, 6.07) is 4.10. The lowest BCUT2D eigenvalue weighted by Crippen LogP contribution is -2.28. The lowest BCUT2D eigenvalue weighted by molar-refractivity contribution is 0.154. The van der Waals surface area contributed by atoms with Gasteiger partial charge in [-0.25, -0.2) is 4.98 Å². The molecule has 4 nitrogen and oxygen atoms in total. The van der Waals surface area contributed by atoms with Crippen LogP contribution in [0, 0.1) is 0 Å². The number of nitrogens with zero attached hydrogens (tertiary/aromatic N) is 2. The Morgan fingerprint density at radius 1 is 1.41 bits per heavy atom. The number of pyridine rings is 1. The monoisotopic (exact) mass is 237 g/mol. The predicted octanol–water partition coefficient (Wildman–Crippen LogP) is 1.96. The first-order chi connectivity index (χ1) is 8.19. The smallest absolute Gasteiger partial charge is 0.128 e. The molecular formula is C13H23N3O. The molecule has 1 atom stereocenters. The van der Waals surface area contributed by atoms with Crippen molar-refractivity contribution < 1.29 is 4.74 Å². The number of ether oxygens (including phenoxy) is 1. The van der Waals surface area contributed by atoms with E-state index < -0.39 is 0 Å². The van der Waals surface area contributed by atoms with Gasteiger partial charge in [0.25, 0.3) is 0 Å². The Labute approximate surface area is 104 Å². The van der Waals surface area contributed by atoms with Crippen molar-refractivity contribution >= 4 is 5.82 Å². The van der Waals surface area contributed by atoms with Crippen LogP contribution in [0.4, 0.5) is 5.82 Å². The minimum Gasteiger partial charge on any atom is -0.380 e. The lowest BCUT2D eigenvalue weighted by atomic mass is 10.1. The number of nitrogens with two attached hydrogens (primary N) is 1. The lowest BCUT2D eigenvalue weighted by Gasteiger charge is -2.22. The van der Waals surface area contributed by atoms with Crippen molar-refractivity contribution in [3.05, 3.63) is 23.9 Å². The van der Waals surface area contributed by atoms with Gasteiger partial charge >= 0.3 is 0 Å². The highest BCUT2D eigenvalue weighted by Gasteiger charge is 2.06. The third kappa shape index (κ3) is 4.32. The predicted molar refractivity (Wildman–Crippen MR) is 71.2 cm³/mol. The number of aromatic nitrogens is 1. The first kappa shape index (κ1) is 13.9. The molecule has 0 amide bonds. The van der Waals surface area contributed by atoms with Gasteiger partial charge in [0.2, 0.25) is 0 Å². The summed E-state index contributed by atoms with van der Waals surface area (Å²) in [6.45, 7) is 9.38. The molecule has 1 rings (SSSR count). The third-order valence-corrected chi connectivity index (χ3v) is 2.71. The number of likely N-dealkylation sites (N-methyl/N-ethyl adjacent to an activating group) is 1. The van der Waals surface area contributed by atoms with Gasteiger partial charge in [-0.1, -0.05) is 6.07 Å². The molecule has 1 aromatic heterocycles. The van der Waals surface area contributed by atoms with Crippen LogP contribution >= 0.6 is 0 Å². The maximum atomic E-state index is 5.80. The Morgan fingerprint density at radius 2 is 2.18 bits per heavy atom. The van der Waals surface area contributed by atoms with Crippen molar-refractivity contribution in [3.8, 4) is 0 Å². The highest BCUT2D eigenvalue weighted by molar-refractivity contribution is 5.39. The van der Waals surface area contributed by atoms with Crippen LogP contribution in [-0.4, -0.2) is 31.3 Å². The van der Waals surface area contributed by atoms with Crippen LogP contribution in [0.15, 0.2) is 18.3 Å². The minimum atomic E-state index is 0.0371. The fourth-order valence-corrected chi connectivity index (χ4v) is 1.61. The molecule has 0 aromatic carbocycles. The molecule has 0 saturated carbocycles. The molecule has 0 saturated heterocycles. The van der Waals surface area contributed by atoms with E-state index in [1.165, 1.54) is 0 Å². The van der Waals surface area contributed by atoms with Gasteiger partial charge in [-0.3, -0.25) is 0 Å². The van der Waals surface area contributed by atoms with Gasteiger partial charge in [0.15, 0.2) is 0 Å². The molecule has 96 valence electrons. The molecule has 0 bridgehead atoms. The third-order valence-electron chi connectivity index (χ3n) is 2.71. The fraction of sp³-hybridized carbons (Fsp3) is 0.615. The van der Waals surface area contributed by atoms with Crippen LogP contribution in [0.25, 0.3) is 0 Å². The summed E-state index contributed by atoms with van der Waals surface area (Å²) in [6.07, 6.45) is 1.85. The minimum absolute atomic E-state index is 0.0371. The van der Waals surface area contributed by atoms with Crippen molar-refractivity contribution in [2.45, 2.75) is 26.8 Å². The van der Waals surface area contributed by atoms with Gasteiger partial charge < -0.3 is 15.4 Å². The van der Waals surface area contributed by atoms with Gasteiger partial charge in [-0.05, 0) is 32.4 Å². The second-order valence-electron chi connectivity index (χ2n) is 4.01. The average Bonchev–Trinajstić information content (AvgIpc) is 2.35. The zero-order valence-corrected chi connectivity index (χ0v) is 11.0. The van der Waals surface area contributed by atoms with Crippen molar-refractivity contribution in [1.82, 2.24) is 4.98 Å². The van der Waals surface area contributed by atoms with Gasteiger partial charge in [-0.2, -0.15) is 0 Å². The van der Waals surface area contributed by atoms with Crippen LogP contribution in [0.3, 0.4) is 0 Å². The van der Waals surface area contributed by atoms with E-state index in [2.05, 4.69) is 16.8 Å². The quantitative estimate of drug-likeness (QED) is 0.737. The average molecular weight is 237 g/mol. The van der Waals surface area contributed by atoms with Crippen molar-refractivity contribution in [3.63, 3.8) is 0 Å². The molecule has 1 unspecified atom stereocenters. The fourth-order valence-electron chi connectivity index (χ4n) is 1.61. The van der Waals surface area contributed by atoms with E-state index in [1.807, 2.05) is 32.2 Å². The topological polar surface area (TPSA) is 51.4 Å². The Kier molecular flexibility index (Phi) is 5.94. The van der Waals surface area contributed by atoms with E-state index in [4.69, 9.17) is 10.5 Å². The van der Waals surface area contributed by atoms with Gasteiger partial charge in [0.05, 0.1) is 6.61 Å². The van der Waals surface area contributed by atoms with Gasteiger partial charge in [0.1, 0.15) is 5.82 Å². The maximum Gasteiger partial charge on any atom is 0.128 e. The summed E-state index contributed by atoms with van der Waals surface area (Å²) in [5.41, 5.74) is 6.86. The van der Waals surface area contributed by atoms with E-state index in [9.17, 15) is 0 Å². The summed E-state index contributed by atoms with van der Waals surface area (Å²) in [5, 5.41) is 0. The second-order valence-corrected chi connectivity index (χ2v) is 4.01. The van der Waals surface area contributed by atoms with Crippen molar-refractivity contribution in [1.29, 1.82) is 0 Å². The van der Waals surface area contributed by atoms with Crippen molar-refractivity contribution in [2.75, 3.05) is 31.2 Å². The normalized spacial score (nSPS) is 12.5. The van der Waals surface area contributed by atoms with Crippen molar-refractivity contribution in [2.24, 2.45) is 5.73 Å². The van der Waals surface area contributed by atoms with Crippen LogP contribution in [0.5, 0.6) is 0 Å². The van der Waals surface area contributed by atoms with E-state index in [0.717, 1.165) is 37.7 Å². The highest BCUT2D eigenvalue weighted by Crippen LogP contribution is 2.14. The van der Waals surface area contributed by atoms with Crippen LogP contribution in [-0.2, 0) is 4.74 Å². The SMILES string of the molecule is CCOCCN(CC)c1ccc(C(C)N)cn1. The van der Waals surface area contributed by atoms with Crippen LogP contribution in [0.1, 0.15) is 32.4 Å². The standard InChI is InChI=1S/C13H23N3O/c1-4-16(8-9-17-5-2)13-7-6-12(10-15-13)11(3)14/h6-7,10-11H,4-5,8-9,14H2,1-3H3. The largest absolute Gasteiger partial charge is 0.380 e. The number of rotatable bonds is 7. The molecule has 17 heavy (non-hydrogen) atoms. The van der Waals surface area contributed by atoms with Gasteiger partial charge in [-0.15, -0.1) is 0 Å². The molecule has 4 heteroatoms. The molecule has 0 aliphatic carbocycles. The Hall–Kier alpha value is -1.13.